The lowest BCUT2D eigenvalue weighted by molar-refractivity contribution is 0.100. The predicted molar refractivity (Wildman–Crippen MR) is 120 cm³/mol. The van der Waals surface area contributed by atoms with Gasteiger partial charge < -0.3 is 22.1 Å². The van der Waals surface area contributed by atoms with E-state index in [-0.39, 0.29) is 11.1 Å². The molecule has 1 fully saturated rings. The number of carbonyl (C=O) groups is 1. The molecular weight excluding hydrogens is 392 g/mol. The zero-order valence-corrected chi connectivity index (χ0v) is 17.4. The van der Waals surface area contributed by atoms with Gasteiger partial charge in [-0.25, -0.2) is 15.0 Å². The number of aromatic nitrogens is 4. The van der Waals surface area contributed by atoms with Crippen molar-refractivity contribution in [3.05, 3.63) is 54.5 Å². The molecule has 6 N–H and O–H groups in total. The number of carbonyl (C=O) groups excluding carboxylic acids is 1. The van der Waals surface area contributed by atoms with E-state index in [0.29, 0.717) is 30.1 Å². The second kappa shape index (κ2) is 8.65. The van der Waals surface area contributed by atoms with Crippen molar-refractivity contribution < 1.29 is 4.79 Å². The Balaban J connectivity index is 1.51. The van der Waals surface area contributed by atoms with Crippen LogP contribution in [0, 0.1) is 5.92 Å². The predicted octanol–water partition coefficient (Wildman–Crippen LogP) is 2.71. The van der Waals surface area contributed by atoms with Gasteiger partial charge in [0.2, 0.25) is 5.95 Å². The molecule has 9 heteroatoms. The Morgan fingerprint density at radius 2 is 1.97 bits per heavy atom. The molecule has 0 saturated heterocycles. The van der Waals surface area contributed by atoms with Gasteiger partial charge in [-0.15, -0.1) is 0 Å². The van der Waals surface area contributed by atoms with Crippen molar-refractivity contribution in [2.24, 2.45) is 17.4 Å². The number of primary amides is 1. The Kier molecular flexibility index (Phi) is 5.77. The van der Waals surface area contributed by atoms with Crippen LogP contribution in [0.25, 0.3) is 11.4 Å². The SMILES string of the molecule is CC(CNc1ncc(C(N)=O)c(Nc2cccc(-c3ncccn3)c2)n1)CC1(N)CC1. The molecule has 1 aromatic carbocycles. The maximum Gasteiger partial charge on any atom is 0.254 e. The van der Waals surface area contributed by atoms with Crippen molar-refractivity contribution >= 4 is 23.4 Å². The van der Waals surface area contributed by atoms with E-state index < -0.39 is 5.91 Å². The molecular formula is C22H26N8O. The molecule has 0 radical (unpaired) electrons. The normalized spacial score (nSPS) is 15.2. The summed E-state index contributed by atoms with van der Waals surface area (Å²) in [6.45, 7) is 2.84. The smallest absolute Gasteiger partial charge is 0.254 e. The van der Waals surface area contributed by atoms with Gasteiger partial charge in [0.15, 0.2) is 5.82 Å². The Morgan fingerprint density at radius 1 is 1.19 bits per heavy atom. The van der Waals surface area contributed by atoms with Crippen LogP contribution in [0.4, 0.5) is 17.5 Å². The minimum Gasteiger partial charge on any atom is -0.365 e. The number of nitrogens with two attached hydrogens (primary N) is 2. The summed E-state index contributed by atoms with van der Waals surface area (Å²) in [6.07, 6.45) is 7.93. The summed E-state index contributed by atoms with van der Waals surface area (Å²) < 4.78 is 0. The third-order valence-electron chi connectivity index (χ3n) is 5.26. The first-order valence-corrected chi connectivity index (χ1v) is 10.3. The number of benzene rings is 1. The first kappa shape index (κ1) is 20.7. The summed E-state index contributed by atoms with van der Waals surface area (Å²) in [7, 11) is 0. The fourth-order valence-corrected chi connectivity index (χ4v) is 3.46. The molecule has 31 heavy (non-hydrogen) atoms. The molecule has 0 aliphatic heterocycles. The number of hydrogen-bond donors (Lipinski definition) is 4. The molecule has 0 bridgehead atoms. The van der Waals surface area contributed by atoms with Gasteiger partial charge in [-0.1, -0.05) is 19.1 Å². The van der Waals surface area contributed by atoms with Crippen molar-refractivity contribution in [3.8, 4) is 11.4 Å². The molecule has 2 aromatic heterocycles. The van der Waals surface area contributed by atoms with E-state index in [2.05, 4.69) is 37.5 Å². The lowest BCUT2D eigenvalue weighted by Gasteiger charge is -2.17. The first-order valence-electron chi connectivity index (χ1n) is 10.3. The summed E-state index contributed by atoms with van der Waals surface area (Å²) in [4.78, 5) is 29.1. The lowest BCUT2D eigenvalue weighted by Crippen LogP contribution is -2.27. The summed E-state index contributed by atoms with van der Waals surface area (Å²) in [6, 6.07) is 9.30. The third-order valence-corrected chi connectivity index (χ3v) is 5.26. The Labute approximate surface area is 180 Å². The summed E-state index contributed by atoms with van der Waals surface area (Å²) in [5.74, 6) is 1.13. The van der Waals surface area contributed by atoms with Crippen molar-refractivity contribution in [1.82, 2.24) is 19.9 Å². The van der Waals surface area contributed by atoms with Crippen LogP contribution in [0.5, 0.6) is 0 Å². The number of anilines is 3. The van der Waals surface area contributed by atoms with Crippen molar-refractivity contribution in [2.75, 3.05) is 17.2 Å². The molecule has 2 heterocycles. The van der Waals surface area contributed by atoms with E-state index in [0.717, 1.165) is 30.5 Å². The van der Waals surface area contributed by atoms with E-state index in [1.165, 1.54) is 6.20 Å². The Bertz CT molecular complexity index is 1070. The van der Waals surface area contributed by atoms with Crippen LogP contribution in [0.3, 0.4) is 0 Å². The van der Waals surface area contributed by atoms with E-state index in [9.17, 15) is 4.79 Å². The van der Waals surface area contributed by atoms with Crippen LogP contribution in [0.15, 0.2) is 48.9 Å². The van der Waals surface area contributed by atoms with Crippen LogP contribution in [-0.4, -0.2) is 37.9 Å². The zero-order valence-electron chi connectivity index (χ0n) is 17.4. The second-order valence-corrected chi connectivity index (χ2v) is 8.15. The molecule has 0 spiro atoms. The Morgan fingerprint density at radius 3 is 2.68 bits per heavy atom. The molecule has 1 atom stereocenters. The summed E-state index contributed by atoms with van der Waals surface area (Å²) in [5.41, 5.74) is 13.5. The summed E-state index contributed by atoms with van der Waals surface area (Å²) >= 11 is 0. The maximum absolute atomic E-state index is 11.9. The Hall–Kier alpha value is -3.59. The average Bonchev–Trinajstić information content (AvgIpc) is 3.49. The number of hydrogen-bond acceptors (Lipinski definition) is 8. The highest BCUT2D eigenvalue weighted by Gasteiger charge is 2.38. The lowest BCUT2D eigenvalue weighted by atomic mass is 10.0. The number of rotatable bonds is 9. The van der Waals surface area contributed by atoms with Crippen molar-refractivity contribution in [1.29, 1.82) is 0 Å². The van der Waals surface area contributed by atoms with Gasteiger partial charge in [0.1, 0.15) is 11.4 Å². The van der Waals surface area contributed by atoms with Gasteiger partial charge in [-0.05, 0) is 43.4 Å². The molecule has 4 rings (SSSR count). The standard InChI is InChI=1S/C22H26N8O/c1-14(11-22(24)6-7-22)12-27-21-28-13-17(18(23)31)20(30-21)29-16-5-2-4-15(10-16)19-25-8-3-9-26-19/h2-5,8-10,13-14H,6-7,11-12,24H2,1H3,(H2,23,31)(H2,27,28,29,30). The molecule has 1 unspecified atom stereocenters. The van der Waals surface area contributed by atoms with Gasteiger partial charge in [-0.2, -0.15) is 4.98 Å². The third kappa shape index (κ3) is 5.32. The molecule has 9 nitrogen and oxygen atoms in total. The molecule has 1 amide bonds. The van der Waals surface area contributed by atoms with E-state index >= 15 is 0 Å². The zero-order chi connectivity index (χ0) is 21.8. The highest BCUT2D eigenvalue weighted by atomic mass is 16.1. The minimum atomic E-state index is -0.608. The topological polar surface area (TPSA) is 145 Å². The van der Waals surface area contributed by atoms with E-state index in [1.807, 2.05) is 24.3 Å². The van der Waals surface area contributed by atoms with Gasteiger partial charge >= 0.3 is 0 Å². The van der Waals surface area contributed by atoms with Crippen LogP contribution >= 0.6 is 0 Å². The van der Waals surface area contributed by atoms with E-state index in [1.54, 1.807) is 18.5 Å². The van der Waals surface area contributed by atoms with Crippen molar-refractivity contribution in [2.45, 2.75) is 31.7 Å². The van der Waals surface area contributed by atoms with Gasteiger partial charge in [0, 0.05) is 41.9 Å². The number of amides is 1. The molecule has 1 saturated carbocycles. The van der Waals surface area contributed by atoms with Gasteiger partial charge in [0.05, 0.1) is 0 Å². The number of nitrogens with one attached hydrogen (secondary N) is 2. The van der Waals surface area contributed by atoms with Crippen molar-refractivity contribution in [3.63, 3.8) is 0 Å². The summed E-state index contributed by atoms with van der Waals surface area (Å²) in [5, 5.41) is 6.41. The molecule has 1 aliphatic carbocycles. The quantitative estimate of drug-likeness (QED) is 0.415. The monoisotopic (exact) mass is 418 g/mol. The first-order chi connectivity index (χ1) is 14.9. The highest BCUT2D eigenvalue weighted by molar-refractivity contribution is 5.98. The van der Waals surface area contributed by atoms with Crippen LogP contribution in [-0.2, 0) is 0 Å². The van der Waals surface area contributed by atoms with Gasteiger partial charge in [0.25, 0.3) is 5.91 Å². The highest BCUT2D eigenvalue weighted by Crippen LogP contribution is 2.38. The minimum absolute atomic E-state index is 0.00200. The largest absolute Gasteiger partial charge is 0.365 e. The van der Waals surface area contributed by atoms with Crippen LogP contribution in [0.1, 0.15) is 36.5 Å². The molecule has 3 aromatic rings. The van der Waals surface area contributed by atoms with Crippen LogP contribution < -0.4 is 22.1 Å². The van der Waals surface area contributed by atoms with E-state index in [4.69, 9.17) is 11.5 Å². The average molecular weight is 419 g/mol. The molecule has 160 valence electrons. The fraction of sp³-hybridized carbons (Fsp3) is 0.318. The van der Waals surface area contributed by atoms with Crippen LogP contribution in [0.2, 0.25) is 0 Å². The molecule has 1 aliphatic rings. The fourth-order valence-electron chi connectivity index (χ4n) is 3.46. The maximum atomic E-state index is 11.9. The second-order valence-electron chi connectivity index (χ2n) is 8.15. The van der Waals surface area contributed by atoms with Gasteiger partial charge in [-0.3, -0.25) is 4.79 Å². The number of nitrogens with zero attached hydrogens (tertiary/aromatic N) is 4.